The van der Waals surface area contributed by atoms with E-state index >= 15 is 0 Å². The van der Waals surface area contributed by atoms with Crippen molar-refractivity contribution in [1.82, 2.24) is 0 Å². The van der Waals surface area contributed by atoms with Gasteiger partial charge in [0.2, 0.25) is 0 Å². The molecule has 22 heavy (non-hydrogen) atoms. The first-order chi connectivity index (χ1) is 10.8. The van der Waals surface area contributed by atoms with Gasteiger partial charge in [0.05, 0.1) is 0 Å². The molecular weight excluding hydrogens is 268 g/mol. The largest absolute Gasteiger partial charge is 0.384 e. The minimum Gasteiger partial charge on any atom is -0.384 e. The van der Waals surface area contributed by atoms with E-state index in [2.05, 4.69) is 6.92 Å². The molecule has 0 radical (unpaired) electrons. The van der Waals surface area contributed by atoms with E-state index in [1.165, 1.54) is 89.9 Å². The first-order valence-corrected chi connectivity index (χ1v) is 10.3. The third-order valence-corrected chi connectivity index (χ3v) is 6.53. The summed E-state index contributed by atoms with van der Waals surface area (Å²) in [5.41, 5.74) is 0. The van der Waals surface area contributed by atoms with Gasteiger partial charge in [-0.15, -0.1) is 0 Å². The lowest BCUT2D eigenvalue weighted by atomic mass is 9.75. The number of hydrogen-bond acceptors (Lipinski definition) is 1. The van der Waals surface area contributed by atoms with E-state index in [1.54, 1.807) is 0 Å². The van der Waals surface area contributed by atoms with Crippen LogP contribution in [0.15, 0.2) is 0 Å². The molecule has 0 spiro atoms. The minimum atomic E-state index is 0.861. The molecule has 2 aliphatic carbocycles. The highest BCUT2D eigenvalue weighted by Gasteiger charge is 2.24. The SMILES string of the molecule is CCCCCC1CCC(CCC2CCC(COC)CC2)CC1. The standard InChI is InChI=1S/C21H40O/c1-3-4-5-6-18-7-9-19(10-8-18)11-12-20-13-15-21(16-14-20)17-22-2/h18-21H,3-17H2,1-2H3. The molecule has 2 fully saturated rings. The molecule has 0 amide bonds. The lowest BCUT2D eigenvalue weighted by Gasteiger charge is -2.32. The molecule has 2 rings (SSSR count). The van der Waals surface area contributed by atoms with E-state index in [9.17, 15) is 0 Å². The maximum Gasteiger partial charge on any atom is 0.0490 e. The van der Waals surface area contributed by atoms with Gasteiger partial charge < -0.3 is 4.74 Å². The van der Waals surface area contributed by atoms with Crippen molar-refractivity contribution >= 4 is 0 Å². The van der Waals surface area contributed by atoms with Crippen LogP contribution in [0.3, 0.4) is 0 Å². The van der Waals surface area contributed by atoms with Crippen LogP contribution in [0.5, 0.6) is 0 Å². The summed E-state index contributed by atoms with van der Waals surface area (Å²) in [6.45, 7) is 3.31. The lowest BCUT2D eigenvalue weighted by molar-refractivity contribution is 0.115. The smallest absolute Gasteiger partial charge is 0.0490 e. The van der Waals surface area contributed by atoms with Gasteiger partial charge >= 0.3 is 0 Å². The van der Waals surface area contributed by atoms with Crippen LogP contribution in [-0.4, -0.2) is 13.7 Å². The molecule has 0 bridgehead atoms. The molecule has 0 unspecified atom stereocenters. The molecule has 2 saturated carbocycles. The van der Waals surface area contributed by atoms with E-state index in [0.29, 0.717) is 0 Å². The topological polar surface area (TPSA) is 9.23 Å². The van der Waals surface area contributed by atoms with Gasteiger partial charge in [0, 0.05) is 13.7 Å². The van der Waals surface area contributed by atoms with Gasteiger partial charge in [-0.3, -0.25) is 0 Å². The van der Waals surface area contributed by atoms with Crippen LogP contribution in [0.25, 0.3) is 0 Å². The van der Waals surface area contributed by atoms with Crippen molar-refractivity contribution in [3.8, 4) is 0 Å². The van der Waals surface area contributed by atoms with Gasteiger partial charge in [-0.1, -0.05) is 84.0 Å². The van der Waals surface area contributed by atoms with Gasteiger partial charge in [0.1, 0.15) is 0 Å². The van der Waals surface area contributed by atoms with Crippen LogP contribution in [0.1, 0.15) is 96.8 Å². The first kappa shape index (κ1) is 18.3. The molecule has 0 heterocycles. The summed E-state index contributed by atoms with van der Waals surface area (Å²) in [5, 5.41) is 0. The summed E-state index contributed by atoms with van der Waals surface area (Å²) in [6, 6.07) is 0. The van der Waals surface area contributed by atoms with Gasteiger partial charge in [0.25, 0.3) is 0 Å². The fourth-order valence-electron chi connectivity index (χ4n) is 4.89. The van der Waals surface area contributed by atoms with Crippen LogP contribution in [0, 0.1) is 23.7 Å². The fourth-order valence-corrected chi connectivity index (χ4v) is 4.89. The van der Waals surface area contributed by atoms with Crippen molar-refractivity contribution in [3.63, 3.8) is 0 Å². The Balaban J connectivity index is 1.52. The number of rotatable bonds is 9. The summed E-state index contributed by atoms with van der Waals surface area (Å²) in [6.07, 6.45) is 20.8. The minimum absolute atomic E-state index is 0.861. The summed E-state index contributed by atoms with van der Waals surface area (Å²) >= 11 is 0. The second-order valence-electron chi connectivity index (χ2n) is 8.30. The van der Waals surface area contributed by atoms with Gasteiger partial charge in [-0.2, -0.15) is 0 Å². The van der Waals surface area contributed by atoms with E-state index < -0.39 is 0 Å². The second-order valence-corrected chi connectivity index (χ2v) is 8.30. The first-order valence-electron chi connectivity index (χ1n) is 10.3. The summed E-state index contributed by atoms with van der Waals surface area (Å²) in [7, 11) is 1.85. The molecule has 1 heteroatoms. The lowest BCUT2D eigenvalue weighted by Crippen LogP contribution is -2.20. The molecule has 0 aromatic rings. The van der Waals surface area contributed by atoms with Crippen molar-refractivity contribution in [2.75, 3.05) is 13.7 Å². The normalized spacial score (nSPS) is 33.0. The van der Waals surface area contributed by atoms with E-state index in [4.69, 9.17) is 4.74 Å². The highest BCUT2D eigenvalue weighted by molar-refractivity contribution is 4.76. The molecule has 2 aliphatic rings. The van der Waals surface area contributed by atoms with Crippen molar-refractivity contribution in [3.05, 3.63) is 0 Å². The summed E-state index contributed by atoms with van der Waals surface area (Å²) in [5.74, 6) is 4.04. The van der Waals surface area contributed by atoms with Crippen molar-refractivity contribution in [2.24, 2.45) is 23.7 Å². The zero-order chi connectivity index (χ0) is 15.6. The van der Waals surface area contributed by atoms with Crippen LogP contribution < -0.4 is 0 Å². The number of unbranched alkanes of at least 4 members (excludes halogenated alkanes) is 2. The maximum absolute atomic E-state index is 5.32. The fraction of sp³-hybridized carbons (Fsp3) is 1.00. The maximum atomic E-state index is 5.32. The highest BCUT2D eigenvalue weighted by atomic mass is 16.5. The van der Waals surface area contributed by atoms with Gasteiger partial charge in [-0.05, 0) is 36.5 Å². The average Bonchev–Trinajstić information content (AvgIpc) is 2.56. The van der Waals surface area contributed by atoms with Crippen LogP contribution in [0.4, 0.5) is 0 Å². The molecule has 0 aromatic heterocycles. The van der Waals surface area contributed by atoms with Gasteiger partial charge in [-0.25, -0.2) is 0 Å². The summed E-state index contributed by atoms with van der Waals surface area (Å²) < 4.78 is 5.32. The Morgan fingerprint density at radius 1 is 0.636 bits per heavy atom. The third-order valence-electron chi connectivity index (χ3n) is 6.53. The second kappa shape index (κ2) is 10.7. The van der Waals surface area contributed by atoms with Crippen molar-refractivity contribution < 1.29 is 4.74 Å². The monoisotopic (exact) mass is 308 g/mol. The van der Waals surface area contributed by atoms with Gasteiger partial charge in [0.15, 0.2) is 0 Å². The zero-order valence-electron chi connectivity index (χ0n) is 15.3. The Morgan fingerprint density at radius 3 is 1.55 bits per heavy atom. The molecule has 0 saturated heterocycles. The van der Waals surface area contributed by atoms with Crippen LogP contribution in [-0.2, 0) is 4.74 Å². The van der Waals surface area contributed by atoms with Crippen LogP contribution in [0.2, 0.25) is 0 Å². The Bertz CT molecular complexity index is 259. The number of ether oxygens (including phenoxy) is 1. The van der Waals surface area contributed by atoms with Crippen molar-refractivity contribution in [2.45, 2.75) is 96.8 Å². The Hall–Kier alpha value is -0.0400. The zero-order valence-corrected chi connectivity index (χ0v) is 15.3. The van der Waals surface area contributed by atoms with E-state index in [0.717, 1.165) is 30.3 Å². The van der Waals surface area contributed by atoms with E-state index in [-0.39, 0.29) is 0 Å². The third kappa shape index (κ3) is 6.60. The predicted octanol–water partition coefficient (Wildman–Crippen LogP) is 6.61. The van der Waals surface area contributed by atoms with Crippen LogP contribution >= 0.6 is 0 Å². The molecule has 0 atom stereocenters. The molecule has 0 aromatic carbocycles. The summed E-state index contributed by atoms with van der Waals surface area (Å²) in [4.78, 5) is 0. The molecule has 0 N–H and O–H groups in total. The average molecular weight is 309 g/mol. The predicted molar refractivity (Wildman–Crippen MR) is 96.1 cm³/mol. The van der Waals surface area contributed by atoms with Crippen molar-refractivity contribution in [1.29, 1.82) is 0 Å². The molecule has 1 nitrogen and oxygen atoms in total. The molecule has 130 valence electrons. The highest BCUT2D eigenvalue weighted by Crippen LogP contribution is 2.37. The Kier molecular flexibility index (Phi) is 8.89. The molecule has 0 aliphatic heterocycles. The molecular formula is C21H40O. The van der Waals surface area contributed by atoms with E-state index in [1.807, 2.05) is 7.11 Å². The number of methoxy groups -OCH3 is 1. The quantitative estimate of drug-likeness (QED) is 0.436. The Labute approximate surface area is 139 Å². The number of hydrogen-bond donors (Lipinski definition) is 0. The Morgan fingerprint density at radius 2 is 1.09 bits per heavy atom.